The van der Waals surface area contributed by atoms with E-state index >= 15 is 0 Å². The van der Waals surface area contributed by atoms with Gasteiger partial charge in [-0.1, -0.05) is 12.1 Å². The third-order valence-corrected chi connectivity index (χ3v) is 6.06. The first-order valence-corrected chi connectivity index (χ1v) is 9.42. The number of benzene rings is 1. The molecule has 0 saturated carbocycles. The second-order valence-corrected chi connectivity index (χ2v) is 7.51. The molecule has 4 rings (SSSR count). The molecule has 0 radical (unpaired) electrons. The number of carbonyl (C=O) groups is 2. The third kappa shape index (κ3) is 3.17. The minimum absolute atomic E-state index is 0.0410. The maximum atomic E-state index is 12.9. The van der Waals surface area contributed by atoms with Crippen molar-refractivity contribution >= 4 is 11.9 Å². The van der Waals surface area contributed by atoms with Gasteiger partial charge in [0.15, 0.2) is 6.10 Å². The molecule has 2 heterocycles. The third-order valence-electron chi connectivity index (χ3n) is 6.06. The van der Waals surface area contributed by atoms with Gasteiger partial charge in [-0.3, -0.25) is 4.79 Å². The van der Waals surface area contributed by atoms with E-state index in [0.717, 1.165) is 57.2 Å². The molecule has 0 unspecified atom stereocenters. The SMILES string of the molecule is O=C(O)[C@H]1CC[C@@H](C2CCN(C(=O)c3cccc4c3CCC4)CC2)O1. The van der Waals surface area contributed by atoms with E-state index in [0.29, 0.717) is 12.3 Å². The van der Waals surface area contributed by atoms with Crippen molar-refractivity contribution in [3.05, 3.63) is 34.9 Å². The van der Waals surface area contributed by atoms with Crippen LogP contribution in [0.3, 0.4) is 0 Å². The number of fused-ring (bicyclic) bond motifs is 1. The summed E-state index contributed by atoms with van der Waals surface area (Å²) >= 11 is 0. The fraction of sp³-hybridized carbons (Fsp3) is 0.600. The molecule has 0 bridgehead atoms. The molecule has 134 valence electrons. The van der Waals surface area contributed by atoms with Gasteiger partial charge in [-0.25, -0.2) is 4.79 Å². The van der Waals surface area contributed by atoms with Crippen LogP contribution < -0.4 is 0 Å². The molecule has 25 heavy (non-hydrogen) atoms. The molecule has 2 saturated heterocycles. The highest BCUT2D eigenvalue weighted by atomic mass is 16.5. The summed E-state index contributed by atoms with van der Waals surface area (Å²) in [5, 5.41) is 9.07. The average Bonchev–Trinajstić information content (AvgIpc) is 3.30. The zero-order valence-electron chi connectivity index (χ0n) is 14.4. The van der Waals surface area contributed by atoms with Crippen LogP contribution in [0.4, 0.5) is 0 Å². The van der Waals surface area contributed by atoms with E-state index in [1.807, 2.05) is 17.0 Å². The Balaban J connectivity index is 1.37. The van der Waals surface area contributed by atoms with Gasteiger partial charge >= 0.3 is 5.97 Å². The Morgan fingerprint density at radius 3 is 2.60 bits per heavy atom. The molecule has 2 aliphatic heterocycles. The van der Waals surface area contributed by atoms with Crippen molar-refractivity contribution in [3.63, 3.8) is 0 Å². The second-order valence-electron chi connectivity index (χ2n) is 7.51. The lowest BCUT2D eigenvalue weighted by molar-refractivity contribution is -0.150. The number of carboxylic acids is 1. The Bertz CT molecular complexity index is 678. The summed E-state index contributed by atoms with van der Waals surface area (Å²) in [6.07, 6.45) is 5.87. The standard InChI is InChI=1S/C20H25NO4/c22-19(16-6-2-4-13-3-1-5-15(13)16)21-11-9-14(10-12-21)17-7-8-18(25-17)20(23)24/h2,4,6,14,17-18H,1,3,5,7-12H2,(H,23,24)/t17-,18+/m0/s1. The molecule has 5 nitrogen and oxygen atoms in total. The number of aliphatic carboxylic acids is 1. The number of carboxylic acid groups (broad SMARTS) is 1. The van der Waals surface area contributed by atoms with E-state index in [2.05, 4.69) is 6.07 Å². The molecule has 1 N–H and O–H groups in total. The molecular weight excluding hydrogens is 318 g/mol. The van der Waals surface area contributed by atoms with Crippen LogP contribution in [0, 0.1) is 5.92 Å². The van der Waals surface area contributed by atoms with Gasteiger partial charge in [-0.05, 0) is 68.1 Å². The summed E-state index contributed by atoms with van der Waals surface area (Å²) in [6, 6.07) is 6.11. The number of rotatable bonds is 3. The fourth-order valence-corrected chi connectivity index (χ4v) is 4.66. The first-order chi connectivity index (χ1) is 12.1. The van der Waals surface area contributed by atoms with Crippen LogP contribution in [-0.2, 0) is 22.4 Å². The normalized spacial score (nSPS) is 26.6. The Morgan fingerprint density at radius 1 is 1.08 bits per heavy atom. The van der Waals surface area contributed by atoms with Crippen LogP contribution >= 0.6 is 0 Å². The van der Waals surface area contributed by atoms with Gasteiger partial charge < -0.3 is 14.7 Å². The first-order valence-electron chi connectivity index (χ1n) is 9.42. The molecule has 3 aliphatic rings. The number of ether oxygens (including phenoxy) is 1. The highest BCUT2D eigenvalue weighted by Crippen LogP contribution is 2.33. The van der Waals surface area contributed by atoms with Gasteiger partial charge in [-0.2, -0.15) is 0 Å². The van der Waals surface area contributed by atoms with E-state index < -0.39 is 12.1 Å². The van der Waals surface area contributed by atoms with Crippen LogP contribution in [0.1, 0.15) is 53.6 Å². The van der Waals surface area contributed by atoms with Crippen LogP contribution in [0.25, 0.3) is 0 Å². The van der Waals surface area contributed by atoms with Gasteiger partial charge in [0.25, 0.3) is 5.91 Å². The number of amides is 1. The number of likely N-dealkylation sites (tertiary alicyclic amines) is 1. The van der Waals surface area contributed by atoms with Gasteiger partial charge in [-0.15, -0.1) is 0 Å². The van der Waals surface area contributed by atoms with E-state index in [9.17, 15) is 9.59 Å². The first kappa shape index (κ1) is 16.6. The number of nitrogens with zero attached hydrogens (tertiary/aromatic N) is 1. The lowest BCUT2D eigenvalue weighted by atomic mass is 9.89. The summed E-state index contributed by atoms with van der Waals surface area (Å²) in [6.45, 7) is 1.48. The van der Waals surface area contributed by atoms with Gasteiger partial charge in [0, 0.05) is 18.7 Å². The van der Waals surface area contributed by atoms with Crippen molar-refractivity contribution in [2.45, 2.75) is 57.2 Å². The Kier molecular flexibility index (Phi) is 4.50. The maximum Gasteiger partial charge on any atom is 0.332 e. The monoisotopic (exact) mass is 343 g/mol. The largest absolute Gasteiger partial charge is 0.479 e. The number of piperidine rings is 1. The number of carbonyl (C=O) groups excluding carboxylic acids is 1. The summed E-state index contributed by atoms with van der Waals surface area (Å²) in [4.78, 5) is 26.0. The predicted molar refractivity (Wildman–Crippen MR) is 92.6 cm³/mol. The summed E-state index contributed by atoms with van der Waals surface area (Å²) in [5.74, 6) is -0.323. The van der Waals surface area contributed by atoms with Crippen molar-refractivity contribution in [1.29, 1.82) is 0 Å². The number of hydrogen-bond acceptors (Lipinski definition) is 3. The van der Waals surface area contributed by atoms with E-state index in [4.69, 9.17) is 9.84 Å². The quantitative estimate of drug-likeness (QED) is 0.916. The highest BCUT2D eigenvalue weighted by molar-refractivity contribution is 5.96. The summed E-state index contributed by atoms with van der Waals surface area (Å²) in [7, 11) is 0. The average molecular weight is 343 g/mol. The van der Waals surface area contributed by atoms with E-state index in [1.165, 1.54) is 11.1 Å². The summed E-state index contributed by atoms with van der Waals surface area (Å²) in [5.41, 5.74) is 3.47. The highest BCUT2D eigenvalue weighted by Gasteiger charge is 2.37. The molecule has 2 atom stereocenters. The minimum Gasteiger partial charge on any atom is -0.479 e. The summed E-state index contributed by atoms with van der Waals surface area (Å²) < 4.78 is 5.70. The molecule has 1 amide bonds. The molecule has 2 fully saturated rings. The van der Waals surface area contributed by atoms with Crippen molar-refractivity contribution < 1.29 is 19.4 Å². The van der Waals surface area contributed by atoms with Crippen LogP contribution in [0.15, 0.2) is 18.2 Å². The van der Waals surface area contributed by atoms with Crippen LogP contribution in [0.5, 0.6) is 0 Å². The minimum atomic E-state index is -0.854. The van der Waals surface area contributed by atoms with Crippen molar-refractivity contribution in [2.24, 2.45) is 5.92 Å². The molecular formula is C20H25NO4. The van der Waals surface area contributed by atoms with Gasteiger partial charge in [0.05, 0.1) is 6.10 Å². The maximum absolute atomic E-state index is 12.9. The Labute approximate surface area is 148 Å². The van der Waals surface area contributed by atoms with Gasteiger partial charge in [0.2, 0.25) is 0 Å². The zero-order valence-corrected chi connectivity index (χ0v) is 14.4. The Morgan fingerprint density at radius 2 is 1.88 bits per heavy atom. The lowest BCUT2D eigenvalue weighted by Gasteiger charge is -2.35. The molecule has 1 aliphatic carbocycles. The van der Waals surface area contributed by atoms with E-state index in [-0.39, 0.29) is 12.0 Å². The molecule has 5 heteroatoms. The molecule has 0 aromatic heterocycles. The van der Waals surface area contributed by atoms with Crippen molar-refractivity contribution in [1.82, 2.24) is 4.90 Å². The number of hydrogen-bond donors (Lipinski definition) is 1. The van der Waals surface area contributed by atoms with Gasteiger partial charge in [0.1, 0.15) is 0 Å². The number of aryl methyl sites for hydroxylation is 1. The molecule has 1 aromatic rings. The van der Waals surface area contributed by atoms with E-state index in [1.54, 1.807) is 0 Å². The van der Waals surface area contributed by atoms with Crippen LogP contribution in [0.2, 0.25) is 0 Å². The van der Waals surface area contributed by atoms with Crippen molar-refractivity contribution in [2.75, 3.05) is 13.1 Å². The zero-order chi connectivity index (χ0) is 17.4. The molecule has 0 spiro atoms. The second kappa shape index (κ2) is 6.79. The fourth-order valence-electron chi connectivity index (χ4n) is 4.66. The molecule has 1 aromatic carbocycles. The topological polar surface area (TPSA) is 66.8 Å². The smallest absolute Gasteiger partial charge is 0.332 e. The van der Waals surface area contributed by atoms with Crippen molar-refractivity contribution in [3.8, 4) is 0 Å². The Hall–Kier alpha value is -1.88. The predicted octanol–water partition coefficient (Wildman–Crippen LogP) is 2.66. The lowest BCUT2D eigenvalue weighted by Crippen LogP contribution is -2.41. The van der Waals surface area contributed by atoms with Crippen LogP contribution in [-0.4, -0.2) is 47.2 Å².